The molecule has 0 radical (unpaired) electrons. The maximum absolute atomic E-state index is 13.1. The first kappa shape index (κ1) is 9.45. The Morgan fingerprint density at radius 2 is 2.42 bits per heavy atom. The first-order valence-electron chi connectivity index (χ1n) is 4.26. The number of carboxylic acid groups (broad SMARTS) is 1. The number of carboxylic acids is 1. The minimum absolute atomic E-state index is 0.0762. The zero-order valence-electron chi connectivity index (χ0n) is 6.92. The third-order valence-corrected chi connectivity index (χ3v) is 2.24. The molecule has 0 spiro atoms. The first-order valence-corrected chi connectivity index (χ1v) is 4.26. The van der Waals surface area contributed by atoms with Crippen molar-refractivity contribution in [2.45, 2.75) is 25.4 Å². The van der Waals surface area contributed by atoms with Crippen molar-refractivity contribution in [2.24, 2.45) is 5.92 Å². The van der Waals surface area contributed by atoms with Crippen molar-refractivity contribution in [3.8, 4) is 0 Å². The van der Waals surface area contributed by atoms with Crippen molar-refractivity contribution in [1.29, 1.82) is 0 Å². The van der Waals surface area contributed by atoms with Gasteiger partial charge in [0.05, 0.1) is 0 Å². The van der Waals surface area contributed by atoms with E-state index in [0.717, 1.165) is 0 Å². The molecule has 1 rings (SSSR count). The zero-order chi connectivity index (χ0) is 8.97. The monoisotopic (exact) mass is 175 g/mol. The summed E-state index contributed by atoms with van der Waals surface area (Å²) in [6.45, 7) is 1.33. The van der Waals surface area contributed by atoms with E-state index in [1.54, 1.807) is 0 Å². The van der Waals surface area contributed by atoms with Gasteiger partial charge in [0.15, 0.2) is 0 Å². The summed E-state index contributed by atoms with van der Waals surface area (Å²) in [7, 11) is 0. The number of hydrogen-bond donors (Lipinski definition) is 2. The Hall–Kier alpha value is -0.640. The fourth-order valence-electron chi connectivity index (χ4n) is 1.48. The minimum atomic E-state index is -0.840. The predicted octanol–water partition coefficient (Wildman–Crippen LogP) is 0.799. The molecule has 1 heterocycles. The standard InChI is InChI=1S/C8H14FNO2/c9-7-3-4-10-5-6(7)1-2-8(11)12/h6-7,10H,1-5H2,(H,11,12)/t6-,7-/m1/s1. The lowest BCUT2D eigenvalue weighted by atomic mass is 9.93. The molecule has 1 aliphatic heterocycles. The third-order valence-electron chi connectivity index (χ3n) is 2.24. The first-order chi connectivity index (χ1) is 5.70. The van der Waals surface area contributed by atoms with Crippen LogP contribution in [0.25, 0.3) is 0 Å². The lowest BCUT2D eigenvalue weighted by Gasteiger charge is -2.25. The highest BCUT2D eigenvalue weighted by Crippen LogP contribution is 2.19. The van der Waals surface area contributed by atoms with Gasteiger partial charge >= 0.3 is 5.97 Å². The van der Waals surface area contributed by atoms with Crippen molar-refractivity contribution in [3.05, 3.63) is 0 Å². The van der Waals surface area contributed by atoms with Crippen molar-refractivity contribution in [2.75, 3.05) is 13.1 Å². The fourth-order valence-corrected chi connectivity index (χ4v) is 1.48. The molecule has 2 atom stereocenters. The summed E-state index contributed by atoms with van der Waals surface area (Å²) in [6, 6.07) is 0. The number of rotatable bonds is 3. The van der Waals surface area contributed by atoms with Crippen LogP contribution in [0.5, 0.6) is 0 Å². The Bertz CT molecular complexity index is 163. The molecule has 70 valence electrons. The van der Waals surface area contributed by atoms with Crippen LogP contribution in [0.2, 0.25) is 0 Å². The van der Waals surface area contributed by atoms with E-state index in [9.17, 15) is 9.18 Å². The van der Waals surface area contributed by atoms with E-state index in [0.29, 0.717) is 25.9 Å². The second-order valence-corrected chi connectivity index (χ2v) is 3.20. The molecule has 2 N–H and O–H groups in total. The van der Waals surface area contributed by atoms with Gasteiger partial charge in [0, 0.05) is 18.9 Å². The van der Waals surface area contributed by atoms with Gasteiger partial charge in [0.2, 0.25) is 0 Å². The second-order valence-electron chi connectivity index (χ2n) is 3.20. The third kappa shape index (κ3) is 2.77. The van der Waals surface area contributed by atoms with E-state index < -0.39 is 12.1 Å². The lowest BCUT2D eigenvalue weighted by Crippen LogP contribution is -2.37. The Morgan fingerprint density at radius 3 is 3.00 bits per heavy atom. The van der Waals surface area contributed by atoms with Crippen LogP contribution in [-0.2, 0) is 4.79 Å². The smallest absolute Gasteiger partial charge is 0.303 e. The fraction of sp³-hybridized carbons (Fsp3) is 0.875. The van der Waals surface area contributed by atoms with E-state index in [1.165, 1.54) is 0 Å². The molecular weight excluding hydrogens is 161 g/mol. The molecule has 0 amide bonds. The van der Waals surface area contributed by atoms with Gasteiger partial charge in [-0.25, -0.2) is 4.39 Å². The highest BCUT2D eigenvalue weighted by atomic mass is 19.1. The Kier molecular flexibility index (Phi) is 3.47. The van der Waals surface area contributed by atoms with Crippen LogP contribution in [-0.4, -0.2) is 30.3 Å². The molecule has 0 saturated carbocycles. The van der Waals surface area contributed by atoms with Crippen LogP contribution < -0.4 is 5.32 Å². The molecule has 0 bridgehead atoms. The van der Waals surface area contributed by atoms with Crippen LogP contribution in [0.3, 0.4) is 0 Å². The maximum Gasteiger partial charge on any atom is 0.303 e. The molecular formula is C8H14FNO2. The van der Waals surface area contributed by atoms with Gasteiger partial charge in [-0.3, -0.25) is 4.79 Å². The van der Waals surface area contributed by atoms with Crippen LogP contribution in [0.15, 0.2) is 0 Å². The summed E-state index contributed by atoms with van der Waals surface area (Å²) < 4.78 is 13.1. The molecule has 1 fully saturated rings. The van der Waals surface area contributed by atoms with Crippen molar-refractivity contribution in [1.82, 2.24) is 5.32 Å². The Morgan fingerprint density at radius 1 is 1.67 bits per heavy atom. The van der Waals surface area contributed by atoms with Crippen LogP contribution >= 0.6 is 0 Å². The number of carbonyl (C=O) groups is 1. The molecule has 0 aromatic rings. The highest BCUT2D eigenvalue weighted by molar-refractivity contribution is 5.66. The summed E-state index contributed by atoms with van der Waals surface area (Å²) >= 11 is 0. The molecule has 4 heteroatoms. The topological polar surface area (TPSA) is 49.3 Å². The van der Waals surface area contributed by atoms with Gasteiger partial charge in [-0.2, -0.15) is 0 Å². The summed E-state index contributed by atoms with van der Waals surface area (Å²) in [4.78, 5) is 10.2. The largest absolute Gasteiger partial charge is 0.481 e. The number of halogens is 1. The quantitative estimate of drug-likeness (QED) is 0.667. The highest BCUT2D eigenvalue weighted by Gasteiger charge is 2.24. The SMILES string of the molecule is O=C(O)CC[C@@H]1CNCC[C@H]1F. The number of alkyl halides is 1. The molecule has 0 aromatic carbocycles. The molecule has 1 aliphatic rings. The van der Waals surface area contributed by atoms with Gasteiger partial charge in [0.1, 0.15) is 6.17 Å². The number of nitrogens with one attached hydrogen (secondary N) is 1. The van der Waals surface area contributed by atoms with Crippen LogP contribution in [0, 0.1) is 5.92 Å². The molecule has 1 saturated heterocycles. The number of piperidine rings is 1. The van der Waals surface area contributed by atoms with E-state index in [-0.39, 0.29) is 12.3 Å². The van der Waals surface area contributed by atoms with Crippen LogP contribution in [0.1, 0.15) is 19.3 Å². The second kappa shape index (κ2) is 4.40. The predicted molar refractivity (Wildman–Crippen MR) is 42.7 cm³/mol. The van der Waals surface area contributed by atoms with E-state index in [1.807, 2.05) is 0 Å². The number of hydrogen-bond acceptors (Lipinski definition) is 2. The molecule has 0 aliphatic carbocycles. The maximum atomic E-state index is 13.1. The summed E-state index contributed by atoms with van der Waals surface area (Å²) in [5, 5.41) is 11.4. The molecule has 0 aromatic heterocycles. The summed E-state index contributed by atoms with van der Waals surface area (Å²) in [5.41, 5.74) is 0. The van der Waals surface area contributed by atoms with Crippen molar-refractivity contribution >= 4 is 5.97 Å². The Balaban J connectivity index is 2.24. The van der Waals surface area contributed by atoms with E-state index in [4.69, 9.17) is 5.11 Å². The van der Waals surface area contributed by atoms with Gasteiger partial charge in [0.25, 0.3) is 0 Å². The lowest BCUT2D eigenvalue weighted by molar-refractivity contribution is -0.137. The number of aliphatic carboxylic acids is 1. The van der Waals surface area contributed by atoms with Gasteiger partial charge < -0.3 is 10.4 Å². The average molecular weight is 175 g/mol. The van der Waals surface area contributed by atoms with Gasteiger partial charge in [-0.05, 0) is 19.4 Å². The average Bonchev–Trinajstić information content (AvgIpc) is 2.03. The summed E-state index contributed by atoms with van der Waals surface area (Å²) in [5.74, 6) is -0.942. The van der Waals surface area contributed by atoms with Crippen molar-refractivity contribution < 1.29 is 14.3 Å². The minimum Gasteiger partial charge on any atom is -0.481 e. The van der Waals surface area contributed by atoms with E-state index in [2.05, 4.69) is 5.32 Å². The van der Waals surface area contributed by atoms with Crippen molar-refractivity contribution in [3.63, 3.8) is 0 Å². The van der Waals surface area contributed by atoms with Crippen LogP contribution in [0.4, 0.5) is 4.39 Å². The Labute approximate surface area is 71.0 Å². The summed E-state index contributed by atoms with van der Waals surface area (Å²) in [6.07, 6.45) is 0.228. The molecule has 3 nitrogen and oxygen atoms in total. The van der Waals surface area contributed by atoms with Gasteiger partial charge in [-0.15, -0.1) is 0 Å². The zero-order valence-corrected chi connectivity index (χ0v) is 6.92. The van der Waals surface area contributed by atoms with Gasteiger partial charge in [-0.1, -0.05) is 0 Å². The normalized spacial score (nSPS) is 30.1. The molecule has 0 unspecified atom stereocenters. The van der Waals surface area contributed by atoms with E-state index >= 15 is 0 Å². The molecule has 12 heavy (non-hydrogen) atoms.